The number of hydrogen-bond donors (Lipinski definition) is 2. The second kappa shape index (κ2) is 4.77. The predicted molar refractivity (Wildman–Crippen MR) is 74.3 cm³/mol. The van der Waals surface area contributed by atoms with E-state index in [1.165, 1.54) is 6.07 Å². The summed E-state index contributed by atoms with van der Waals surface area (Å²) in [5.74, 6) is 0. The molecule has 3 N–H and O–H groups in total. The second-order valence-corrected chi connectivity index (χ2v) is 7.05. The van der Waals surface area contributed by atoms with E-state index >= 15 is 0 Å². The van der Waals surface area contributed by atoms with Crippen LogP contribution in [0.2, 0.25) is 0 Å². The molecule has 1 aliphatic rings. The van der Waals surface area contributed by atoms with Gasteiger partial charge < -0.3 is 10.5 Å². The molecule has 1 aromatic rings. The van der Waals surface area contributed by atoms with Crippen LogP contribution in [0.4, 0.5) is 5.69 Å². The summed E-state index contributed by atoms with van der Waals surface area (Å²) in [4.78, 5) is 0.199. The minimum absolute atomic E-state index is 0.149. The van der Waals surface area contributed by atoms with E-state index in [1.54, 1.807) is 12.1 Å². The molecule has 0 radical (unpaired) electrons. The highest BCUT2D eigenvalue weighted by Crippen LogP contribution is 2.28. The van der Waals surface area contributed by atoms with Gasteiger partial charge in [0.2, 0.25) is 10.0 Å². The summed E-state index contributed by atoms with van der Waals surface area (Å²) in [5.41, 5.74) is 6.40. The number of ether oxygens (including phenoxy) is 1. The number of hydrogen-bond acceptors (Lipinski definition) is 4. The third kappa shape index (κ3) is 2.91. The first kappa shape index (κ1) is 14.3. The van der Waals surface area contributed by atoms with Gasteiger partial charge in [0.25, 0.3) is 0 Å². The molecule has 1 aromatic carbocycles. The maximum atomic E-state index is 12.4. The van der Waals surface area contributed by atoms with Crippen LogP contribution < -0.4 is 10.5 Å². The van der Waals surface area contributed by atoms with Gasteiger partial charge in [0.05, 0.1) is 16.5 Å². The van der Waals surface area contributed by atoms with Crippen molar-refractivity contribution in [2.75, 3.05) is 12.3 Å². The molecule has 0 spiro atoms. The Kier molecular flexibility index (Phi) is 3.59. The normalized spacial score (nSPS) is 27.6. The largest absolute Gasteiger partial charge is 0.399 e. The van der Waals surface area contributed by atoms with Crippen LogP contribution >= 0.6 is 0 Å². The summed E-state index contributed by atoms with van der Waals surface area (Å²) in [7, 11) is -3.59. The van der Waals surface area contributed by atoms with Crippen molar-refractivity contribution in [2.24, 2.45) is 0 Å². The maximum absolute atomic E-state index is 12.4. The number of benzene rings is 1. The van der Waals surface area contributed by atoms with E-state index in [9.17, 15) is 8.42 Å². The van der Waals surface area contributed by atoms with E-state index in [-0.39, 0.29) is 11.0 Å². The highest BCUT2D eigenvalue weighted by atomic mass is 32.2. The first-order chi connectivity index (χ1) is 8.73. The Balaban J connectivity index is 2.32. The van der Waals surface area contributed by atoms with Crippen LogP contribution in [-0.4, -0.2) is 26.7 Å². The van der Waals surface area contributed by atoms with E-state index in [4.69, 9.17) is 10.5 Å². The van der Waals surface area contributed by atoms with Crippen molar-refractivity contribution < 1.29 is 13.2 Å². The molecule has 1 fully saturated rings. The Labute approximate surface area is 114 Å². The summed E-state index contributed by atoms with van der Waals surface area (Å²) >= 11 is 0. The standard InChI is InChI=1S/C13H20N2O3S/c1-9-6-11(14)8-12(7-9)19(16,17)15-13(3)4-5-18-10(13)2/h6-8,10,15H,4-5,14H2,1-3H3. The topological polar surface area (TPSA) is 81.4 Å². The highest BCUT2D eigenvalue weighted by molar-refractivity contribution is 7.89. The van der Waals surface area contributed by atoms with Crippen LogP contribution in [0.25, 0.3) is 0 Å². The van der Waals surface area contributed by atoms with Gasteiger partial charge in [-0.05, 0) is 51.0 Å². The fourth-order valence-electron chi connectivity index (χ4n) is 2.27. The van der Waals surface area contributed by atoms with Crippen LogP contribution in [0.15, 0.2) is 23.1 Å². The number of aryl methyl sites for hydroxylation is 1. The van der Waals surface area contributed by atoms with Crippen LogP contribution in [0.5, 0.6) is 0 Å². The Morgan fingerprint density at radius 3 is 2.63 bits per heavy atom. The zero-order valence-electron chi connectivity index (χ0n) is 11.4. The van der Waals surface area contributed by atoms with E-state index in [2.05, 4.69) is 4.72 Å². The van der Waals surface area contributed by atoms with Gasteiger partial charge >= 0.3 is 0 Å². The third-order valence-electron chi connectivity index (χ3n) is 3.64. The monoisotopic (exact) mass is 284 g/mol. The lowest BCUT2D eigenvalue weighted by molar-refractivity contribution is 0.0957. The molecule has 6 heteroatoms. The third-order valence-corrected chi connectivity index (χ3v) is 5.23. The first-order valence-electron chi connectivity index (χ1n) is 6.26. The van der Waals surface area contributed by atoms with Gasteiger partial charge in [0.1, 0.15) is 0 Å². The van der Waals surface area contributed by atoms with Gasteiger partial charge in [-0.1, -0.05) is 0 Å². The average molecular weight is 284 g/mol. The van der Waals surface area contributed by atoms with Crippen molar-refractivity contribution in [1.82, 2.24) is 4.72 Å². The molecule has 0 saturated carbocycles. The molecule has 0 amide bonds. The molecule has 19 heavy (non-hydrogen) atoms. The van der Waals surface area contributed by atoms with Gasteiger partial charge in [0, 0.05) is 12.3 Å². The van der Waals surface area contributed by atoms with E-state index in [1.807, 2.05) is 20.8 Å². The van der Waals surface area contributed by atoms with Gasteiger partial charge in [-0.25, -0.2) is 13.1 Å². The van der Waals surface area contributed by atoms with E-state index in [0.717, 1.165) is 5.56 Å². The Morgan fingerprint density at radius 2 is 2.11 bits per heavy atom. The lowest BCUT2D eigenvalue weighted by atomic mass is 9.97. The van der Waals surface area contributed by atoms with Crippen molar-refractivity contribution in [3.8, 4) is 0 Å². The summed E-state index contributed by atoms with van der Waals surface area (Å²) in [6.07, 6.45) is 0.513. The molecule has 2 rings (SSSR count). The molecular weight excluding hydrogens is 264 g/mol. The Bertz CT molecular complexity index is 565. The second-order valence-electron chi connectivity index (χ2n) is 5.37. The van der Waals surface area contributed by atoms with Gasteiger partial charge in [0.15, 0.2) is 0 Å². The lowest BCUT2D eigenvalue weighted by Crippen LogP contribution is -2.50. The molecule has 5 nitrogen and oxygen atoms in total. The van der Waals surface area contributed by atoms with Crippen LogP contribution in [-0.2, 0) is 14.8 Å². The van der Waals surface area contributed by atoms with Gasteiger partial charge in [-0.3, -0.25) is 0 Å². The zero-order valence-corrected chi connectivity index (χ0v) is 12.3. The highest BCUT2D eigenvalue weighted by Gasteiger charge is 2.40. The summed E-state index contributed by atoms with van der Waals surface area (Å²) < 4.78 is 33.0. The molecule has 2 unspecified atom stereocenters. The number of rotatable bonds is 3. The summed E-state index contributed by atoms with van der Waals surface area (Å²) in [5, 5.41) is 0. The minimum Gasteiger partial charge on any atom is -0.399 e. The van der Waals surface area contributed by atoms with Crippen molar-refractivity contribution in [3.05, 3.63) is 23.8 Å². The van der Waals surface area contributed by atoms with Crippen molar-refractivity contribution in [3.63, 3.8) is 0 Å². The number of anilines is 1. The van der Waals surface area contributed by atoms with Crippen molar-refractivity contribution in [2.45, 2.75) is 43.7 Å². The molecule has 2 atom stereocenters. The molecule has 0 bridgehead atoms. The number of sulfonamides is 1. The molecule has 1 heterocycles. The predicted octanol–water partition coefficient (Wildman–Crippen LogP) is 1.42. The zero-order chi connectivity index (χ0) is 14.3. The number of nitrogens with two attached hydrogens (primary N) is 1. The van der Waals surface area contributed by atoms with Gasteiger partial charge in [-0.15, -0.1) is 0 Å². The quantitative estimate of drug-likeness (QED) is 0.823. The van der Waals surface area contributed by atoms with E-state index in [0.29, 0.717) is 18.7 Å². The van der Waals surface area contributed by atoms with Crippen molar-refractivity contribution >= 4 is 15.7 Å². The fourth-order valence-corrected chi connectivity index (χ4v) is 3.90. The Hall–Kier alpha value is -1.11. The Morgan fingerprint density at radius 1 is 1.42 bits per heavy atom. The maximum Gasteiger partial charge on any atom is 0.241 e. The molecule has 0 aliphatic carbocycles. The summed E-state index contributed by atoms with van der Waals surface area (Å²) in [6, 6.07) is 4.82. The number of nitrogens with one attached hydrogen (secondary N) is 1. The average Bonchev–Trinajstić information content (AvgIpc) is 2.56. The molecular formula is C13H20N2O3S. The number of nitrogen functional groups attached to an aromatic ring is 1. The summed E-state index contributed by atoms with van der Waals surface area (Å²) in [6.45, 7) is 6.12. The molecule has 106 valence electrons. The van der Waals surface area contributed by atoms with Crippen LogP contribution in [0.1, 0.15) is 25.8 Å². The van der Waals surface area contributed by atoms with Crippen LogP contribution in [0, 0.1) is 6.92 Å². The molecule has 1 saturated heterocycles. The lowest BCUT2D eigenvalue weighted by Gasteiger charge is -2.28. The van der Waals surface area contributed by atoms with Gasteiger partial charge in [-0.2, -0.15) is 0 Å². The molecule has 1 aliphatic heterocycles. The van der Waals surface area contributed by atoms with Crippen molar-refractivity contribution in [1.29, 1.82) is 0 Å². The van der Waals surface area contributed by atoms with E-state index < -0.39 is 15.6 Å². The SMILES string of the molecule is Cc1cc(N)cc(S(=O)(=O)NC2(C)CCOC2C)c1. The first-order valence-corrected chi connectivity index (χ1v) is 7.74. The smallest absolute Gasteiger partial charge is 0.241 e. The fraction of sp³-hybridized carbons (Fsp3) is 0.538. The molecule has 0 aromatic heterocycles. The minimum atomic E-state index is -3.59. The van der Waals surface area contributed by atoms with Crippen LogP contribution in [0.3, 0.4) is 0 Å².